The number of para-hydroxylation sites is 1. The molecule has 1 heterocycles. The van der Waals surface area contributed by atoms with Crippen molar-refractivity contribution in [1.82, 2.24) is 0 Å². The van der Waals surface area contributed by atoms with E-state index in [1.54, 1.807) is 7.11 Å². The molecule has 1 aliphatic heterocycles. The first-order valence-corrected chi connectivity index (χ1v) is 8.12. The summed E-state index contributed by atoms with van der Waals surface area (Å²) in [7, 11) is 1.67. The van der Waals surface area contributed by atoms with Crippen molar-refractivity contribution in [2.75, 3.05) is 17.3 Å². The van der Waals surface area contributed by atoms with E-state index in [1.807, 2.05) is 88.5 Å². The lowest BCUT2D eigenvalue weighted by Gasteiger charge is -2.23. The monoisotopic (exact) mass is 410 g/mol. The quantitative estimate of drug-likeness (QED) is 0.604. The minimum Gasteiger partial charge on any atom is -1.00 e. The second kappa shape index (κ2) is 8.03. The van der Waals surface area contributed by atoms with Gasteiger partial charge in [-0.1, -0.05) is 41.5 Å². The van der Waals surface area contributed by atoms with Crippen LogP contribution in [-0.4, -0.2) is 12.9 Å². The summed E-state index contributed by atoms with van der Waals surface area (Å²) in [6.45, 7) is 0. The summed E-state index contributed by atoms with van der Waals surface area (Å²) in [4.78, 5) is 0. The normalized spacial score (nSPS) is 13.2. The molecule has 132 valence electrons. The molecular formula is C20H19BrN4O. The van der Waals surface area contributed by atoms with E-state index in [4.69, 9.17) is 9.84 Å². The average molecular weight is 411 g/mol. The van der Waals surface area contributed by atoms with Gasteiger partial charge in [-0.25, -0.2) is 0 Å². The van der Waals surface area contributed by atoms with Crippen LogP contribution < -0.4 is 37.4 Å². The first kappa shape index (κ1) is 18.0. The highest BCUT2D eigenvalue weighted by atomic mass is 79.9. The molecule has 3 aromatic carbocycles. The number of benzene rings is 3. The molecule has 0 radical (unpaired) electrons. The van der Waals surface area contributed by atoms with Crippen LogP contribution in [0.25, 0.3) is 0 Å². The third-order valence-corrected chi connectivity index (χ3v) is 4.04. The van der Waals surface area contributed by atoms with Crippen LogP contribution in [0.4, 0.5) is 11.4 Å². The highest BCUT2D eigenvalue weighted by Gasteiger charge is 2.31. The van der Waals surface area contributed by atoms with Gasteiger partial charge in [0.15, 0.2) is 0 Å². The van der Waals surface area contributed by atoms with Gasteiger partial charge >= 0.3 is 0 Å². The second-order valence-electron chi connectivity index (χ2n) is 5.65. The lowest BCUT2D eigenvalue weighted by Crippen LogP contribution is -3.00. The average Bonchev–Trinajstić information content (AvgIpc) is 3.15. The first-order chi connectivity index (χ1) is 12.3. The van der Waals surface area contributed by atoms with Gasteiger partial charge in [-0.05, 0) is 48.5 Å². The highest BCUT2D eigenvalue weighted by molar-refractivity contribution is 5.93. The van der Waals surface area contributed by atoms with Gasteiger partial charge in [0.1, 0.15) is 11.4 Å². The first-order valence-electron chi connectivity index (χ1n) is 8.12. The van der Waals surface area contributed by atoms with Gasteiger partial charge < -0.3 is 21.7 Å². The SMILES string of the molecule is COc1ccc(N2[NH2+]C(c3ccccc3)=NN2c2ccccc2)cc1.[Br-]. The molecule has 0 atom stereocenters. The van der Waals surface area contributed by atoms with Gasteiger partial charge in [0, 0.05) is 0 Å². The number of hydrogen-bond donors (Lipinski definition) is 1. The number of hydrazone groups is 1. The minimum atomic E-state index is 0. The Hall–Kier alpha value is -2.83. The highest BCUT2D eigenvalue weighted by Crippen LogP contribution is 2.24. The summed E-state index contributed by atoms with van der Waals surface area (Å²) >= 11 is 0. The number of nitrogens with two attached hydrogens (primary N) is 1. The van der Waals surface area contributed by atoms with E-state index in [-0.39, 0.29) is 17.0 Å². The van der Waals surface area contributed by atoms with Gasteiger partial charge in [0.2, 0.25) is 0 Å². The standard InChI is InChI=1S/C20H18N4O.BrH/c1-25-19-14-12-18(13-15-19)24-22-20(16-8-4-2-5-9-16)21-23(24)17-10-6-3-7-11-17;/h2-15H,1H3,(H,21,22);1H. The van der Waals surface area contributed by atoms with Crippen LogP contribution in [-0.2, 0) is 0 Å². The topological polar surface area (TPSA) is 44.7 Å². The maximum atomic E-state index is 5.26. The van der Waals surface area contributed by atoms with Gasteiger partial charge in [-0.2, -0.15) is 5.43 Å². The Morgan fingerprint density at radius 3 is 2.00 bits per heavy atom. The van der Waals surface area contributed by atoms with E-state index in [1.165, 1.54) is 0 Å². The summed E-state index contributed by atoms with van der Waals surface area (Å²) in [6, 6.07) is 28.2. The summed E-state index contributed by atoms with van der Waals surface area (Å²) in [5, 5.41) is 8.76. The van der Waals surface area contributed by atoms with Crippen LogP contribution in [0.3, 0.4) is 0 Å². The molecule has 26 heavy (non-hydrogen) atoms. The number of quaternary nitrogens is 1. The van der Waals surface area contributed by atoms with Crippen molar-refractivity contribution >= 4 is 17.2 Å². The molecule has 4 rings (SSSR count). The van der Waals surface area contributed by atoms with Crippen LogP contribution in [0.1, 0.15) is 5.56 Å². The number of rotatable bonds is 4. The zero-order valence-electron chi connectivity index (χ0n) is 14.3. The van der Waals surface area contributed by atoms with Crippen LogP contribution in [0.15, 0.2) is 90.0 Å². The van der Waals surface area contributed by atoms with Crippen molar-refractivity contribution in [2.45, 2.75) is 0 Å². The van der Waals surface area contributed by atoms with Crippen molar-refractivity contribution in [3.8, 4) is 5.75 Å². The minimum absolute atomic E-state index is 0. The molecule has 0 fully saturated rings. The number of hydrogen-bond acceptors (Lipinski definition) is 4. The zero-order valence-corrected chi connectivity index (χ0v) is 15.9. The van der Waals surface area contributed by atoms with Gasteiger partial charge in [-0.15, -0.1) is 10.2 Å². The van der Waals surface area contributed by atoms with E-state index < -0.39 is 0 Å². The van der Waals surface area contributed by atoms with Crippen molar-refractivity contribution < 1.29 is 27.1 Å². The Morgan fingerprint density at radius 1 is 0.769 bits per heavy atom. The van der Waals surface area contributed by atoms with E-state index in [9.17, 15) is 0 Å². The molecule has 3 aromatic rings. The largest absolute Gasteiger partial charge is 1.00 e. The predicted octanol–water partition coefficient (Wildman–Crippen LogP) is -0.219. The zero-order chi connectivity index (χ0) is 17.1. The summed E-state index contributed by atoms with van der Waals surface area (Å²) in [5.41, 5.74) is 5.14. The van der Waals surface area contributed by atoms with E-state index in [2.05, 4.69) is 12.1 Å². The molecule has 0 amide bonds. The van der Waals surface area contributed by atoms with Gasteiger partial charge in [0.05, 0.1) is 18.4 Å². The molecule has 0 saturated carbocycles. The molecule has 0 unspecified atom stereocenters. The number of ether oxygens (including phenoxy) is 1. The van der Waals surface area contributed by atoms with Crippen molar-refractivity contribution in [3.05, 3.63) is 90.5 Å². The van der Waals surface area contributed by atoms with E-state index in [0.717, 1.165) is 28.5 Å². The Balaban J connectivity index is 0.00000196. The second-order valence-corrected chi connectivity index (χ2v) is 5.65. The molecule has 0 saturated heterocycles. The predicted molar refractivity (Wildman–Crippen MR) is 99.3 cm³/mol. The molecule has 2 N–H and O–H groups in total. The number of methoxy groups -OCH3 is 1. The fourth-order valence-electron chi connectivity index (χ4n) is 2.75. The molecule has 0 spiro atoms. The van der Waals surface area contributed by atoms with Crippen molar-refractivity contribution in [3.63, 3.8) is 0 Å². The third kappa shape index (κ3) is 3.56. The van der Waals surface area contributed by atoms with Gasteiger partial charge in [0.25, 0.3) is 5.84 Å². The summed E-state index contributed by atoms with van der Waals surface area (Å²) in [6.07, 6.45) is 0. The van der Waals surface area contributed by atoms with Crippen molar-refractivity contribution in [1.29, 1.82) is 0 Å². The molecule has 0 bridgehead atoms. The molecule has 1 aliphatic rings. The summed E-state index contributed by atoms with van der Waals surface area (Å²) < 4.78 is 5.26. The van der Waals surface area contributed by atoms with E-state index >= 15 is 0 Å². The molecule has 0 aromatic heterocycles. The Labute approximate surface area is 163 Å². The van der Waals surface area contributed by atoms with E-state index in [0.29, 0.717) is 0 Å². The van der Waals surface area contributed by atoms with Crippen LogP contribution in [0.2, 0.25) is 0 Å². The number of hydrazine groups is 1. The lowest BCUT2D eigenvalue weighted by atomic mass is 10.2. The Bertz CT molecular complexity index is 869. The maximum Gasteiger partial charge on any atom is 0.277 e. The summed E-state index contributed by atoms with van der Waals surface area (Å²) in [5.74, 6) is 1.75. The fraction of sp³-hybridized carbons (Fsp3) is 0.0500. The van der Waals surface area contributed by atoms with Crippen molar-refractivity contribution in [2.24, 2.45) is 5.10 Å². The van der Waals surface area contributed by atoms with Crippen LogP contribution >= 0.6 is 0 Å². The number of amidine groups is 1. The molecule has 6 heteroatoms. The number of anilines is 2. The number of nitrogens with zero attached hydrogens (tertiary/aromatic N) is 3. The van der Waals surface area contributed by atoms with Crippen LogP contribution in [0.5, 0.6) is 5.75 Å². The fourth-order valence-corrected chi connectivity index (χ4v) is 2.75. The Kier molecular flexibility index (Phi) is 5.55. The van der Waals surface area contributed by atoms with Gasteiger partial charge in [-0.3, -0.25) is 0 Å². The molecule has 0 aliphatic carbocycles. The van der Waals surface area contributed by atoms with Crippen LogP contribution in [0, 0.1) is 0 Å². The Morgan fingerprint density at radius 2 is 1.38 bits per heavy atom. The third-order valence-electron chi connectivity index (χ3n) is 4.04. The number of halogens is 1. The maximum absolute atomic E-state index is 5.26. The molecular weight excluding hydrogens is 392 g/mol. The lowest BCUT2D eigenvalue weighted by molar-refractivity contribution is -0.545. The molecule has 5 nitrogen and oxygen atoms in total. The smallest absolute Gasteiger partial charge is 0.277 e.